The van der Waals surface area contributed by atoms with Crippen molar-refractivity contribution in [3.05, 3.63) is 49.6 Å². The van der Waals surface area contributed by atoms with Gasteiger partial charge in [-0.05, 0) is 52.0 Å². The van der Waals surface area contributed by atoms with Gasteiger partial charge < -0.3 is 14.2 Å². The van der Waals surface area contributed by atoms with Crippen molar-refractivity contribution in [2.24, 2.45) is 0 Å². The number of rotatable bonds is 15. The summed E-state index contributed by atoms with van der Waals surface area (Å²) in [5, 5.41) is 0. The molecule has 0 radical (unpaired) electrons. The van der Waals surface area contributed by atoms with Crippen LogP contribution in [-0.2, 0) is 19.0 Å². The Morgan fingerprint density at radius 1 is 1.10 bits per heavy atom. The molecule has 0 aromatic heterocycles. The Balaban J connectivity index is 2.62. The predicted molar refractivity (Wildman–Crippen MR) is 120 cm³/mol. The van der Waals surface area contributed by atoms with Crippen molar-refractivity contribution in [3.63, 3.8) is 0 Å². The van der Waals surface area contributed by atoms with Gasteiger partial charge in [0.2, 0.25) is 0 Å². The zero-order valence-electron chi connectivity index (χ0n) is 18.6. The van der Waals surface area contributed by atoms with E-state index in [2.05, 4.69) is 32.2 Å². The van der Waals surface area contributed by atoms with Crippen LogP contribution < -0.4 is 0 Å². The number of allylic oxidation sites excluding steroid dienone is 2. The fraction of sp³-hybridized carbons (Fsp3) is 0.640. The van der Waals surface area contributed by atoms with E-state index in [1.165, 1.54) is 19.3 Å². The van der Waals surface area contributed by atoms with Crippen LogP contribution in [0.4, 0.5) is 0 Å². The Morgan fingerprint density at radius 3 is 2.59 bits per heavy atom. The molecular formula is C25H40O4. The van der Waals surface area contributed by atoms with E-state index in [9.17, 15) is 4.79 Å². The average Bonchev–Trinajstić information content (AvgIpc) is 2.96. The SMILES string of the molecule is C=CCCCC(=O)O[C@H](/C=C/[C@H]1OC(C)(C)O[C@@H]1C/C=C\CCCCC)CC=C. The van der Waals surface area contributed by atoms with Gasteiger partial charge in [-0.3, -0.25) is 4.79 Å². The number of esters is 1. The lowest BCUT2D eigenvalue weighted by molar-refractivity contribution is -0.147. The molecule has 1 heterocycles. The van der Waals surface area contributed by atoms with Crippen LogP contribution in [0.15, 0.2) is 49.6 Å². The maximum absolute atomic E-state index is 12.0. The summed E-state index contributed by atoms with van der Waals surface area (Å²) in [4.78, 5) is 12.0. The maximum Gasteiger partial charge on any atom is 0.306 e. The third-order valence-corrected chi connectivity index (χ3v) is 4.72. The Labute approximate surface area is 177 Å². The minimum atomic E-state index is -0.620. The summed E-state index contributed by atoms with van der Waals surface area (Å²) in [5.74, 6) is -0.816. The first-order chi connectivity index (χ1) is 13.9. The lowest BCUT2D eigenvalue weighted by Crippen LogP contribution is -2.21. The second-order valence-corrected chi connectivity index (χ2v) is 7.96. The lowest BCUT2D eigenvalue weighted by atomic mass is 10.1. The maximum atomic E-state index is 12.0. The Kier molecular flexibility index (Phi) is 12.6. The van der Waals surface area contributed by atoms with Gasteiger partial charge in [-0.25, -0.2) is 0 Å². The van der Waals surface area contributed by atoms with E-state index >= 15 is 0 Å². The molecule has 1 aliphatic heterocycles. The minimum Gasteiger partial charge on any atom is -0.458 e. The van der Waals surface area contributed by atoms with Gasteiger partial charge in [-0.2, -0.15) is 0 Å². The van der Waals surface area contributed by atoms with Crippen molar-refractivity contribution in [2.45, 2.75) is 103 Å². The molecule has 1 aliphatic rings. The molecule has 4 nitrogen and oxygen atoms in total. The molecule has 1 rings (SSSR count). The van der Waals surface area contributed by atoms with Crippen molar-refractivity contribution < 1.29 is 19.0 Å². The second-order valence-electron chi connectivity index (χ2n) is 7.96. The van der Waals surface area contributed by atoms with E-state index in [1.807, 2.05) is 32.1 Å². The van der Waals surface area contributed by atoms with Crippen LogP contribution in [0.2, 0.25) is 0 Å². The largest absolute Gasteiger partial charge is 0.458 e. The number of carbonyl (C=O) groups excluding carboxylic acids is 1. The fourth-order valence-electron chi connectivity index (χ4n) is 3.25. The van der Waals surface area contributed by atoms with Crippen LogP contribution in [0, 0.1) is 0 Å². The molecule has 0 N–H and O–H groups in total. The van der Waals surface area contributed by atoms with Gasteiger partial charge in [0.05, 0.1) is 6.10 Å². The van der Waals surface area contributed by atoms with E-state index in [4.69, 9.17) is 14.2 Å². The minimum absolute atomic E-state index is 0.0450. The zero-order chi connectivity index (χ0) is 21.5. The predicted octanol–water partition coefficient (Wildman–Crippen LogP) is 6.43. The number of hydrogen-bond acceptors (Lipinski definition) is 4. The van der Waals surface area contributed by atoms with E-state index in [0.29, 0.717) is 12.8 Å². The smallest absolute Gasteiger partial charge is 0.306 e. The number of hydrogen-bond donors (Lipinski definition) is 0. The molecule has 0 bridgehead atoms. The van der Waals surface area contributed by atoms with Gasteiger partial charge in [0.15, 0.2) is 5.79 Å². The van der Waals surface area contributed by atoms with E-state index < -0.39 is 5.79 Å². The van der Waals surface area contributed by atoms with Gasteiger partial charge in [0, 0.05) is 12.8 Å². The van der Waals surface area contributed by atoms with Crippen molar-refractivity contribution >= 4 is 5.97 Å². The van der Waals surface area contributed by atoms with Crippen molar-refractivity contribution in [2.75, 3.05) is 0 Å². The molecule has 164 valence electrons. The first kappa shape index (κ1) is 25.4. The Bertz CT molecular complexity index is 547. The summed E-state index contributed by atoms with van der Waals surface area (Å²) in [5.41, 5.74) is 0. The summed E-state index contributed by atoms with van der Waals surface area (Å²) < 4.78 is 17.7. The van der Waals surface area contributed by atoms with Crippen molar-refractivity contribution in [1.29, 1.82) is 0 Å². The van der Waals surface area contributed by atoms with Crippen LogP contribution in [0.5, 0.6) is 0 Å². The quantitative estimate of drug-likeness (QED) is 0.179. The van der Waals surface area contributed by atoms with Crippen molar-refractivity contribution in [1.82, 2.24) is 0 Å². The summed E-state index contributed by atoms with van der Waals surface area (Å²) in [7, 11) is 0. The van der Waals surface area contributed by atoms with Gasteiger partial charge in [0.25, 0.3) is 0 Å². The van der Waals surface area contributed by atoms with E-state index in [-0.39, 0.29) is 24.3 Å². The van der Waals surface area contributed by atoms with Crippen molar-refractivity contribution in [3.8, 4) is 0 Å². The van der Waals surface area contributed by atoms with Gasteiger partial charge in [0.1, 0.15) is 12.2 Å². The number of carbonyl (C=O) groups is 1. The fourth-order valence-corrected chi connectivity index (χ4v) is 3.25. The first-order valence-electron chi connectivity index (χ1n) is 11.0. The second kappa shape index (κ2) is 14.4. The molecule has 0 aromatic rings. The molecule has 0 aromatic carbocycles. The molecule has 4 heteroatoms. The number of ether oxygens (including phenoxy) is 3. The van der Waals surface area contributed by atoms with Gasteiger partial charge in [-0.15, -0.1) is 13.2 Å². The van der Waals surface area contributed by atoms with Crippen LogP contribution in [0.25, 0.3) is 0 Å². The highest BCUT2D eigenvalue weighted by molar-refractivity contribution is 5.69. The third kappa shape index (κ3) is 11.2. The molecule has 1 fully saturated rings. The highest BCUT2D eigenvalue weighted by Crippen LogP contribution is 2.31. The summed E-state index contributed by atoms with van der Waals surface area (Å²) >= 11 is 0. The highest BCUT2D eigenvalue weighted by atomic mass is 16.7. The molecule has 0 saturated carbocycles. The summed E-state index contributed by atoms with van der Waals surface area (Å²) in [6, 6.07) is 0. The molecule has 1 saturated heterocycles. The third-order valence-electron chi connectivity index (χ3n) is 4.72. The standard InChI is InChI=1S/C25H40O4/c1-6-9-11-12-13-15-17-22-23(29-25(4,5)28-22)20-19-21(16-8-3)27-24(26)18-14-10-7-2/h7-8,13,15,19-23H,2-3,6,9-12,14,16-18H2,1,4-5H3/b15-13-,20-19+/t21-,22+,23+/m0/s1. The molecule has 0 aliphatic carbocycles. The van der Waals surface area contributed by atoms with Gasteiger partial charge in [-0.1, -0.05) is 50.1 Å². The first-order valence-corrected chi connectivity index (χ1v) is 11.0. The monoisotopic (exact) mass is 404 g/mol. The highest BCUT2D eigenvalue weighted by Gasteiger charge is 2.39. The van der Waals surface area contributed by atoms with Crippen LogP contribution in [-0.4, -0.2) is 30.1 Å². The molecule has 3 atom stereocenters. The van der Waals surface area contributed by atoms with E-state index in [0.717, 1.165) is 25.7 Å². The molecule has 0 amide bonds. The molecule has 0 unspecified atom stereocenters. The van der Waals surface area contributed by atoms with Crippen LogP contribution in [0.3, 0.4) is 0 Å². The molecule has 0 spiro atoms. The Hall–Kier alpha value is -1.65. The average molecular weight is 405 g/mol. The zero-order valence-corrected chi connectivity index (χ0v) is 18.6. The Morgan fingerprint density at radius 2 is 1.90 bits per heavy atom. The summed E-state index contributed by atoms with van der Waals surface area (Å²) in [6.45, 7) is 13.5. The van der Waals surface area contributed by atoms with Crippen LogP contribution in [0.1, 0.15) is 78.6 Å². The van der Waals surface area contributed by atoms with Gasteiger partial charge >= 0.3 is 5.97 Å². The summed E-state index contributed by atoms with van der Waals surface area (Å²) in [6.07, 6.45) is 19.5. The number of unbranched alkanes of at least 4 members (excludes halogenated alkanes) is 4. The van der Waals surface area contributed by atoms with E-state index in [1.54, 1.807) is 6.08 Å². The molecular weight excluding hydrogens is 364 g/mol. The lowest BCUT2D eigenvalue weighted by Gasteiger charge is -2.16. The normalized spacial score (nSPS) is 22.2. The molecule has 29 heavy (non-hydrogen) atoms. The van der Waals surface area contributed by atoms with Crippen LogP contribution >= 0.6 is 0 Å². The topological polar surface area (TPSA) is 44.8 Å².